The van der Waals surface area contributed by atoms with Crippen molar-refractivity contribution < 1.29 is 4.79 Å². The highest BCUT2D eigenvalue weighted by atomic mass is 16.2. The summed E-state index contributed by atoms with van der Waals surface area (Å²) in [4.78, 5) is 26.1. The minimum Gasteiger partial charge on any atom is -0.370 e. The van der Waals surface area contributed by atoms with E-state index in [0.29, 0.717) is 11.5 Å². The fourth-order valence-corrected chi connectivity index (χ4v) is 3.19. The van der Waals surface area contributed by atoms with E-state index < -0.39 is 0 Å². The lowest BCUT2D eigenvalue weighted by Gasteiger charge is -2.17. The molecule has 148 valence electrons. The topological polar surface area (TPSA) is 105 Å². The average molecular weight is 391 g/mol. The van der Waals surface area contributed by atoms with E-state index in [9.17, 15) is 9.59 Å². The second-order valence-corrected chi connectivity index (χ2v) is 6.76. The number of hydrogen-bond donors (Lipinski definition) is 2. The van der Waals surface area contributed by atoms with Crippen LogP contribution in [0.5, 0.6) is 0 Å². The Balaban J connectivity index is 1.37. The average Bonchev–Trinajstić information content (AvgIpc) is 3.26. The Morgan fingerprint density at radius 1 is 1.07 bits per heavy atom. The summed E-state index contributed by atoms with van der Waals surface area (Å²) in [5.41, 5.74) is 2.20. The maximum atomic E-state index is 12.1. The van der Waals surface area contributed by atoms with E-state index in [1.807, 2.05) is 18.2 Å². The second kappa shape index (κ2) is 8.51. The molecule has 1 saturated heterocycles. The van der Waals surface area contributed by atoms with Crippen molar-refractivity contribution in [1.29, 1.82) is 0 Å². The number of anilines is 4. The number of carbonyl (C=O) groups excluding carboxylic acids is 1. The lowest BCUT2D eigenvalue weighted by Crippen LogP contribution is -2.28. The number of amides is 1. The molecule has 9 heteroatoms. The van der Waals surface area contributed by atoms with Crippen LogP contribution in [0.3, 0.4) is 0 Å². The van der Waals surface area contributed by atoms with Crippen LogP contribution in [-0.2, 0) is 11.3 Å². The third-order valence-corrected chi connectivity index (χ3v) is 4.63. The van der Waals surface area contributed by atoms with Crippen molar-refractivity contribution in [3.05, 3.63) is 65.2 Å². The van der Waals surface area contributed by atoms with E-state index in [1.54, 1.807) is 18.3 Å². The number of rotatable bonds is 6. The number of nitrogens with zero attached hydrogens (tertiary/aromatic N) is 5. The molecule has 1 aliphatic heterocycles. The van der Waals surface area contributed by atoms with Crippen molar-refractivity contribution in [2.24, 2.45) is 0 Å². The van der Waals surface area contributed by atoms with Crippen molar-refractivity contribution in [2.45, 2.75) is 19.4 Å². The molecule has 0 unspecified atom stereocenters. The zero-order chi connectivity index (χ0) is 20.1. The van der Waals surface area contributed by atoms with Crippen molar-refractivity contribution in [3.63, 3.8) is 0 Å². The minimum atomic E-state index is -0.323. The van der Waals surface area contributed by atoms with Crippen LogP contribution < -0.4 is 21.1 Å². The molecule has 2 aromatic heterocycles. The second-order valence-electron chi connectivity index (χ2n) is 6.76. The molecule has 3 aromatic rings. The molecule has 1 fully saturated rings. The first kappa shape index (κ1) is 18.6. The van der Waals surface area contributed by atoms with Gasteiger partial charge in [-0.1, -0.05) is 0 Å². The molecule has 4 rings (SSSR count). The van der Waals surface area contributed by atoms with Gasteiger partial charge in [-0.3, -0.25) is 9.59 Å². The number of benzene rings is 1. The molecular formula is C20H21N7O2. The molecule has 9 nitrogen and oxygen atoms in total. The van der Waals surface area contributed by atoms with Crippen LogP contribution in [0.2, 0.25) is 0 Å². The van der Waals surface area contributed by atoms with Gasteiger partial charge in [0.15, 0.2) is 5.82 Å². The Morgan fingerprint density at radius 2 is 1.83 bits per heavy atom. The first-order valence-corrected chi connectivity index (χ1v) is 9.44. The molecule has 0 bridgehead atoms. The zero-order valence-corrected chi connectivity index (χ0v) is 15.8. The van der Waals surface area contributed by atoms with Gasteiger partial charge in [-0.05, 0) is 43.2 Å². The van der Waals surface area contributed by atoms with Crippen molar-refractivity contribution in [2.75, 3.05) is 28.6 Å². The molecule has 0 aliphatic carbocycles. The van der Waals surface area contributed by atoms with E-state index in [1.165, 1.54) is 31.2 Å². The molecule has 29 heavy (non-hydrogen) atoms. The molecule has 3 heterocycles. The van der Waals surface area contributed by atoms with Gasteiger partial charge in [0.25, 0.3) is 5.56 Å². The summed E-state index contributed by atoms with van der Waals surface area (Å²) in [6.07, 6.45) is 5.65. The summed E-state index contributed by atoms with van der Waals surface area (Å²) in [5.74, 6) is 0.344. The molecule has 0 spiro atoms. The normalized spacial score (nSPS) is 13.3. The maximum Gasteiger partial charge on any atom is 0.267 e. The number of hydrogen-bond acceptors (Lipinski definition) is 7. The highest BCUT2D eigenvalue weighted by Crippen LogP contribution is 2.23. The lowest BCUT2D eigenvalue weighted by molar-refractivity contribution is -0.117. The third kappa shape index (κ3) is 4.75. The Bertz CT molecular complexity index is 1040. The fourth-order valence-electron chi connectivity index (χ4n) is 3.19. The summed E-state index contributed by atoms with van der Waals surface area (Å²) in [6.45, 7) is 1.95. The maximum absolute atomic E-state index is 12.1. The van der Waals surface area contributed by atoms with Gasteiger partial charge in [0, 0.05) is 42.8 Å². The Hall–Kier alpha value is -3.75. The molecule has 2 N–H and O–H groups in total. The van der Waals surface area contributed by atoms with Crippen LogP contribution in [0, 0.1) is 0 Å². The third-order valence-electron chi connectivity index (χ3n) is 4.63. The smallest absolute Gasteiger partial charge is 0.267 e. The van der Waals surface area contributed by atoms with Gasteiger partial charge in [-0.15, -0.1) is 5.10 Å². The van der Waals surface area contributed by atoms with E-state index in [-0.39, 0.29) is 18.0 Å². The first-order chi connectivity index (χ1) is 14.2. The summed E-state index contributed by atoms with van der Waals surface area (Å²) in [6, 6.07) is 12.1. The van der Waals surface area contributed by atoms with Crippen molar-refractivity contribution >= 4 is 28.8 Å². The SMILES string of the molecule is O=C(Cn1ncccc1=O)Nc1ccc(Nc2cc(N3CCCC3)cnn2)cc1. The molecule has 0 radical (unpaired) electrons. The lowest BCUT2D eigenvalue weighted by atomic mass is 10.2. The predicted molar refractivity (Wildman–Crippen MR) is 110 cm³/mol. The molecule has 0 saturated carbocycles. The van der Waals surface area contributed by atoms with Gasteiger partial charge in [0.1, 0.15) is 6.54 Å². The van der Waals surface area contributed by atoms with Crippen LogP contribution >= 0.6 is 0 Å². The van der Waals surface area contributed by atoms with Crippen LogP contribution in [0.25, 0.3) is 0 Å². The molecule has 0 atom stereocenters. The van der Waals surface area contributed by atoms with Crippen LogP contribution in [-0.4, -0.2) is 39.0 Å². The van der Waals surface area contributed by atoms with E-state index in [0.717, 1.165) is 29.1 Å². The highest BCUT2D eigenvalue weighted by molar-refractivity contribution is 5.90. The van der Waals surface area contributed by atoms with Gasteiger partial charge in [0.05, 0.1) is 11.9 Å². The van der Waals surface area contributed by atoms with E-state index >= 15 is 0 Å². The Kier molecular flexibility index (Phi) is 5.46. The Labute approximate surface area is 167 Å². The molecule has 1 amide bonds. The van der Waals surface area contributed by atoms with Gasteiger partial charge in [-0.2, -0.15) is 10.2 Å². The number of aromatic nitrogens is 4. The fraction of sp³-hybridized carbons (Fsp3) is 0.250. The van der Waals surface area contributed by atoms with Crippen LogP contribution in [0.4, 0.5) is 22.9 Å². The summed E-state index contributed by atoms with van der Waals surface area (Å²) >= 11 is 0. The standard InChI is InChI=1S/C20H21N7O2/c28-19(14-27-20(29)4-3-9-22-27)24-16-7-5-15(6-8-16)23-18-12-17(13-21-25-18)26-10-1-2-11-26/h3-9,12-13H,1-2,10-11,14H2,(H,23,25)(H,24,28). The van der Waals surface area contributed by atoms with E-state index in [2.05, 4.69) is 30.8 Å². The van der Waals surface area contributed by atoms with Crippen LogP contribution in [0.1, 0.15) is 12.8 Å². The molecule has 1 aliphatic rings. The van der Waals surface area contributed by atoms with Crippen LogP contribution in [0.15, 0.2) is 59.7 Å². The quantitative estimate of drug-likeness (QED) is 0.662. The number of nitrogens with one attached hydrogen (secondary N) is 2. The van der Waals surface area contributed by atoms with Gasteiger partial charge < -0.3 is 15.5 Å². The first-order valence-electron chi connectivity index (χ1n) is 9.44. The van der Waals surface area contributed by atoms with Gasteiger partial charge in [0.2, 0.25) is 5.91 Å². The highest BCUT2D eigenvalue weighted by Gasteiger charge is 2.13. The Morgan fingerprint density at radius 3 is 2.59 bits per heavy atom. The summed E-state index contributed by atoms with van der Waals surface area (Å²) in [7, 11) is 0. The zero-order valence-electron chi connectivity index (χ0n) is 15.8. The molecular weight excluding hydrogens is 370 g/mol. The number of carbonyl (C=O) groups is 1. The van der Waals surface area contributed by atoms with Crippen molar-refractivity contribution in [1.82, 2.24) is 20.0 Å². The summed E-state index contributed by atoms with van der Waals surface area (Å²) < 4.78 is 1.11. The predicted octanol–water partition coefficient (Wildman–Crippen LogP) is 2.02. The molecule has 1 aromatic carbocycles. The van der Waals surface area contributed by atoms with E-state index in [4.69, 9.17) is 0 Å². The largest absolute Gasteiger partial charge is 0.370 e. The van der Waals surface area contributed by atoms with Gasteiger partial charge >= 0.3 is 0 Å². The van der Waals surface area contributed by atoms with Crippen molar-refractivity contribution in [3.8, 4) is 0 Å². The summed E-state index contributed by atoms with van der Waals surface area (Å²) in [5, 5.41) is 18.1. The van der Waals surface area contributed by atoms with Gasteiger partial charge in [-0.25, -0.2) is 4.68 Å². The monoisotopic (exact) mass is 391 g/mol. The minimum absolute atomic E-state index is 0.140.